The van der Waals surface area contributed by atoms with E-state index in [1.165, 1.54) is 6.07 Å². The van der Waals surface area contributed by atoms with E-state index in [1.807, 2.05) is 18.2 Å². The highest BCUT2D eigenvalue weighted by molar-refractivity contribution is 5.55. The van der Waals surface area contributed by atoms with Gasteiger partial charge in [-0.25, -0.2) is 0 Å². The van der Waals surface area contributed by atoms with Crippen LogP contribution >= 0.6 is 0 Å². The number of rotatable bonds is 3. The summed E-state index contributed by atoms with van der Waals surface area (Å²) in [5.74, 6) is 1.58. The average Bonchev–Trinajstić information content (AvgIpc) is 2.46. The van der Waals surface area contributed by atoms with E-state index < -0.39 is 0 Å². The number of nitrogens with one attached hydrogen (secondary N) is 1. The van der Waals surface area contributed by atoms with Crippen molar-refractivity contribution in [2.24, 2.45) is 0 Å². The first-order chi connectivity index (χ1) is 9.72. The second kappa shape index (κ2) is 5.21. The van der Waals surface area contributed by atoms with Crippen LogP contribution in [0.4, 0.5) is 5.69 Å². The topological polar surface area (TPSA) is 71.0 Å². The number of hydrogen-bond donors (Lipinski definition) is 3. The molecule has 0 atom stereocenters. The van der Waals surface area contributed by atoms with Crippen LogP contribution in [0.5, 0.6) is 23.0 Å². The maximum atomic E-state index is 9.72. The Morgan fingerprint density at radius 1 is 0.950 bits per heavy atom. The largest absolute Gasteiger partial charge is 0.508 e. The summed E-state index contributed by atoms with van der Waals surface area (Å²) < 4.78 is 11.0. The van der Waals surface area contributed by atoms with Gasteiger partial charge in [0.1, 0.15) is 24.7 Å². The molecule has 0 saturated heterocycles. The van der Waals surface area contributed by atoms with Crippen LogP contribution in [0.1, 0.15) is 5.56 Å². The lowest BCUT2D eigenvalue weighted by atomic mass is 10.2. The molecule has 0 saturated carbocycles. The van der Waals surface area contributed by atoms with E-state index in [4.69, 9.17) is 9.47 Å². The second-order valence-electron chi connectivity index (χ2n) is 4.53. The molecule has 104 valence electrons. The van der Waals surface area contributed by atoms with Gasteiger partial charge < -0.3 is 25.0 Å². The van der Waals surface area contributed by atoms with E-state index >= 15 is 0 Å². The van der Waals surface area contributed by atoms with Crippen molar-refractivity contribution < 1.29 is 19.7 Å². The van der Waals surface area contributed by atoms with Crippen molar-refractivity contribution in [3.63, 3.8) is 0 Å². The third kappa shape index (κ3) is 2.56. The van der Waals surface area contributed by atoms with Gasteiger partial charge in [0.2, 0.25) is 0 Å². The average molecular weight is 273 g/mol. The van der Waals surface area contributed by atoms with E-state index in [0.29, 0.717) is 25.3 Å². The number of phenols is 2. The summed E-state index contributed by atoms with van der Waals surface area (Å²) in [6.45, 7) is 1.57. The Kier molecular flexibility index (Phi) is 3.25. The molecule has 3 rings (SSSR count). The number of hydrogen-bond acceptors (Lipinski definition) is 5. The van der Waals surface area contributed by atoms with Crippen LogP contribution in [0, 0.1) is 0 Å². The third-order valence-corrected chi connectivity index (χ3v) is 3.09. The molecule has 1 heterocycles. The van der Waals surface area contributed by atoms with Crippen molar-refractivity contribution in [2.75, 3.05) is 18.5 Å². The zero-order valence-corrected chi connectivity index (χ0v) is 10.8. The lowest BCUT2D eigenvalue weighted by molar-refractivity contribution is 0.171. The standard InChI is InChI=1S/C15H15NO4/c17-12-3-1-10(13(18)8-12)9-16-11-2-4-14-15(7-11)20-6-5-19-14/h1-4,7-8,16-18H,5-6,9H2. The predicted octanol–water partition coefficient (Wildman–Crippen LogP) is 2.48. The van der Waals surface area contributed by atoms with Crippen LogP contribution in [-0.4, -0.2) is 23.4 Å². The molecule has 5 nitrogen and oxygen atoms in total. The van der Waals surface area contributed by atoms with Gasteiger partial charge in [-0.05, 0) is 24.3 Å². The first-order valence-corrected chi connectivity index (χ1v) is 6.37. The molecule has 0 fully saturated rings. The lowest BCUT2D eigenvalue weighted by Gasteiger charge is -2.19. The minimum Gasteiger partial charge on any atom is -0.508 e. The Morgan fingerprint density at radius 2 is 1.75 bits per heavy atom. The number of phenolic OH excluding ortho intramolecular Hbond substituents is 2. The van der Waals surface area contributed by atoms with Crippen LogP contribution in [0.25, 0.3) is 0 Å². The number of benzene rings is 2. The minimum atomic E-state index is 0.0468. The summed E-state index contributed by atoms with van der Waals surface area (Å²) >= 11 is 0. The van der Waals surface area contributed by atoms with Crippen molar-refractivity contribution in [3.05, 3.63) is 42.0 Å². The fraction of sp³-hybridized carbons (Fsp3) is 0.200. The van der Waals surface area contributed by atoms with Crippen LogP contribution < -0.4 is 14.8 Å². The molecular formula is C15H15NO4. The zero-order chi connectivity index (χ0) is 13.9. The van der Waals surface area contributed by atoms with Crippen molar-refractivity contribution >= 4 is 5.69 Å². The first-order valence-electron chi connectivity index (χ1n) is 6.37. The molecular weight excluding hydrogens is 258 g/mol. The summed E-state index contributed by atoms with van der Waals surface area (Å²) in [7, 11) is 0. The van der Waals surface area contributed by atoms with Gasteiger partial charge in [-0.1, -0.05) is 0 Å². The SMILES string of the molecule is Oc1ccc(CNc2ccc3c(c2)OCCO3)c(O)c1. The predicted molar refractivity (Wildman–Crippen MR) is 74.5 cm³/mol. The molecule has 0 aliphatic carbocycles. The number of aromatic hydroxyl groups is 2. The summed E-state index contributed by atoms with van der Waals surface area (Å²) in [5.41, 5.74) is 1.58. The van der Waals surface area contributed by atoms with E-state index in [9.17, 15) is 10.2 Å². The Labute approximate surface area is 116 Å². The summed E-state index contributed by atoms with van der Waals surface area (Å²) in [6.07, 6.45) is 0. The molecule has 0 radical (unpaired) electrons. The highest BCUT2D eigenvalue weighted by atomic mass is 16.6. The maximum absolute atomic E-state index is 9.72. The zero-order valence-electron chi connectivity index (χ0n) is 10.8. The molecule has 0 unspecified atom stereocenters. The van der Waals surface area contributed by atoms with Gasteiger partial charge in [-0.2, -0.15) is 0 Å². The molecule has 5 heteroatoms. The van der Waals surface area contributed by atoms with Gasteiger partial charge in [0.15, 0.2) is 11.5 Å². The highest BCUT2D eigenvalue weighted by Crippen LogP contribution is 2.33. The fourth-order valence-corrected chi connectivity index (χ4v) is 2.05. The van der Waals surface area contributed by atoms with Crippen molar-refractivity contribution in [1.29, 1.82) is 0 Å². The maximum Gasteiger partial charge on any atom is 0.163 e. The fourth-order valence-electron chi connectivity index (χ4n) is 2.05. The van der Waals surface area contributed by atoms with Gasteiger partial charge in [0.05, 0.1) is 0 Å². The Morgan fingerprint density at radius 3 is 2.55 bits per heavy atom. The van der Waals surface area contributed by atoms with Crippen molar-refractivity contribution in [2.45, 2.75) is 6.54 Å². The van der Waals surface area contributed by atoms with Crippen LogP contribution in [0.2, 0.25) is 0 Å². The first kappa shape index (κ1) is 12.5. The number of ether oxygens (including phenoxy) is 2. The molecule has 0 aromatic heterocycles. The summed E-state index contributed by atoms with van der Waals surface area (Å²) in [5, 5.41) is 22.2. The molecule has 3 N–H and O–H groups in total. The van der Waals surface area contributed by atoms with Crippen LogP contribution in [0.3, 0.4) is 0 Å². The number of anilines is 1. The van der Waals surface area contributed by atoms with E-state index in [0.717, 1.165) is 17.2 Å². The highest BCUT2D eigenvalue weighted by Gasteiger charge is 2.11. The van der Waals surface area contributed by atoms with Gasteiger partial charge in [-0.3, -0.25) is 0 Å². The Balaban J connectivity index is 1.72. The molecule has 0 amide bonds. The van der Waals surface area contributed by atoms with Gasteiger partial charge in [0, 0.05) is 29.9 Å². The normalized spacial score (nSPS) is 13.0. The van der Waals surface area contributed by atoms with Crippen molar-refractivity contribution in [3.8, 4) is 23.0 Å². The van der Waals surface area contributed by atoms with Crippen molar-refractivity contribution in [1.82, 2.24) is 0 Å². The second-order valence-corrected chi connectivity index (χ2v) is 4.53. The van der Waals surface area contributed by atoms with Crippen LogP contribution in [0.15, 0.2) is 36.4 Å². The molecule has 1 aliphatic heterocycles. The molecule has 0 bridgehead atoms. The Hall–Kier alpha value is -2.56. The van der Waals surface area contributed by atoms with Gasteiger partial charge >= 0.3 is 0 Å². The molecule has 0 spiro atoms. The lowest BCUT2D eigenvalue weighted by Crippen LogP contribution is -2.15. The smallest absolute Gasteiger partial charge is 0.163 e. The third-order valence-electron chi connectivity index (χ3n) is 3.09. The number of fused-ring (bicyclic) bond motifs is 1. The van der Waals surface area contributed by atoms with E-state index in [-0.39, 0.29) is 11.5 Å². The molecule has 2 aromatic rings. The summed E-state index contributed by atoms with van der Waals surface area (Å²) in [6, 6.07) is 10.2. The molecule has 1 aliphatic rings. The Bertz CT molecular complexity index is 627. The van der Waals surface area contributed by atoms with Crippen LogP contribution in [-0.2, 0) is 6.54 Å². The molecule has 2 aromatic carbocycles. The molecule has 20 heavy (non-hydrogen) atoms. The van der Waals surface area contributed by atoms with E-state index in [2.05, 4.69) is 5.32 Å². The minimum absolute atomic E-state index is 0.0468. The van der Waals surface area contributed by atoms with Gasteiger partial charge in [-0.15, -0.1) is 0 Å². The monoisotopic (exact) mass is 273 g/mol. The van der Waals surface area contributed by atoms with E-state index in [1.54, 1.807) is 12.1 Å². The van der Waals surface area contributed by atoms with Gasteiger partial charge in [0.25, 0.3) is 0 Å². The quantitative estimate of drug-likeness (QED) is 0.801. The summed E-state index contributed by atoms with van der Waals surface area (Å²) in [4.78, 5) is 0.